The van der Waals surface area contributed by atoms with Gasteiger partial charge in [-0.15, -0.1) is 0 Å². The van der Waals surface area contributed by atoms with Gasteiger partial charge in [-0.25, -0.2) is 0 Å². The number of aryl methyl sites for hydroxylation is 1. The molecule has 0 saturated heterocycles. The molecule has 100 valence electrons. The topological polar surface area (TPSA) is 35.2 Å². The monoisotopic (exact) mass is 275 g/mol. The summed E-state index contributed by atoms with van der Waals surface area (Å²) >= 11 is 6.03. The number of rotatable bonds is 5. The van der Waals surface area contributed by atoms with Crippen LogP contribution in [-0.4, -0.2) is 6.54 Å². The summed E-state index contributed by atoms with van der Waals surface area (Å²) in [5, 5.41) is 0.669. The van der Waals surface area contributed by atoms with Crippen LogP contribution < -0.4 is 10.5 Å². The van der Waals surface area contributed by atoms with Gasteiger partial charge in [0.2, 0.25) is 0 Å². The first-order valence-electron chi connectivity index (χ1n) is 6.48. The fourth-order valence-corrected chi connectivity index (χ4v) is 2.10. The molecule has 0 aromatic heterocycles. The van der Waals surface area contributed by atoms with Gasteiger partial charge < -0.3 is 10.5 Å². The molecule has 0 radical (unpaired) electrons. The second kappa shape index (κ2) is 6.60. The summed E-state index contributed by atoms with van der Waals surface area (Å²) < 4.78 is 5.95. The lowest BCUT2D eigenvalue weighted by Crippen LogP contribution is -2.04. The summed E-state index contributed by atoms with van der Waals surface area (Å²) in [6.45, 7) is 2.71. The van der Waals surface area contributed by atoms with Gasteiger partial charge in [0.1, 0.15) is 11.5 Å². The molecule has 2 nitrogen and oxygen atoms in total. The SMILES string of the molecule is CCc1cccc(Oc2cc(Cl)ccc2CCN)c1. The first-order chi connectivity index (χ1) is 9.22. The van der Waals surface area contributed by atoms with Crippen LogP contribution in [0.5, 0.6) is 11.5 Å². The van der Waals surface area contributed by atoms with Gasteiger partial charge >= 0.3 is 0 Å². The molecule has 2 aromatic carbocycles. The molecule has 2 rings (SSSR count). The molecule has 0 amide bonds. The van der Waals surface area contributed by atoms with Crippen molar-refractivity contribution < 1.29 is 4.74 Å². The maximum atomic E-state index is 6.03. The van der Waals surface area contributed by atoms with Gasteiger partial charge in [-0.3, -0.25) is 0 Å². The van der Waals surface area contributed by atoms with Gasteiger partial charge in [0.05, 0.1) is 0 Å². The number of benzene rings is 2. The van der Waals surface area contributed by atoms with Crippen LogP contribution in [0.4, 0.5) is 0 Å². The minimum atomic E-state index is 0.590. The first kappa shape index (κ1) is 13.9. The molecule has 0 aliphatic carbocycles. The van der Waals surface area contributed by atoms with Crippen molar-refractivity contribution in [2.75, 3.05) is 6.54 Å². The van der Waals surface area contributed by atoms with Crippen LogP contribution >= 0.6 is 11.6 Å². The highest BCUT2D eigenvalue weighted by atomic mass is 35.5. The Balaban J connectivity index is 2.28. The molecule has 0 saturated carbocycles. The van der Waals surface area contributed by atoms with E-state index in [0.717, 1.165) is 29.9 Å². The molecule has 0 atom stereocenters. The van der Waals surface area contributed by atoms with E-state index in [4.69, 9.17) is 22.1 Å². The smallest absolute Gasteiger partial charge is 0.132 e. The minimum Gasteiger partial charge on any atom is -0.457 e. The van der Waals surface area contributed by atoms with Crippen molar-refractivity contribution in [1.82, 2.24) is 0 Å². The van der Waals surface area contributed by atoms with Crippen molar-refractivity contribution in [3.8, 4) is 11.5 Å². The molecule has 0 unspecified atom stereocenters. The fraction of sp³-hybridized carbons (Fsp3) is 0.250. The fourth-order valence-electron chi connectivity index (χ4n) is 1.94. The van der Waals surface area contributed by atoms with E-state index in [1.807, 2.05) is 36.4 Å². The minimum absolute atomic E-state index is 0.590. The van der Waals surface area contributed by atoms with E-state index in [9.17, 15) is 0 Å². The normalized spacial score (nSPS) is 10.5. The molecule has 0 bridgehead atoms. The summed E-state index contributed by atoms with van der Waals surface area (Å²) in [5.41, 5.74) is 7.95. The lowest BCUT2D eigenvalue weighted by atomic mass is 10.1. The molecular formula is C16H18ClNO. The predicted molar refractivity (Wildman–Crippen MR) is 80.1 cm³/mol. The molecule has 3 heteroatoms. The van der Waals surface area contributed by atoms with E-state index in [0.29, 0.717) is 11.6 Å². The van der Waals surface area contributed by atoms with Crippen molar-refractivity contribution in [2.24, 2.45) is 5.73 Å². The van der Waals surface area contributed by atoms with Crippen LogP contribution in [-0.2, 0) is 12.8 Å². The third kappa shape index (κ3) is 3.72. The zero-order valence-electron chi connectivity index (χ0n) is 11.0. The number of hydrogen-bond acceptors (Lipinski definition) is 2. The second-order valence-corrected chi connectivity index (χ2v) is 4.83. The van der Waals surface area contributed by atoms with Gasteiger partial charge in [0.25, 0.3) is 0 Å². The van der Waals surface area contributed by atoms with Crippen LogP contribution in [0.25, 0.3) is 0 Å². The maximum absolute atomic E-state index is 6.03. The van der Waals surface area contributed by atoms with Crippen molar-refractivity contribution in [3.05, 3.63) is 58.6 Å². The third-order valence-corrected chi connectivity index (χ3v) is 3.21. The number of ether oxygens (including phenoxy) is 1. The predicted octanol–water partition coefficient (Wildman–Crippen LogP) is 4.20. The van der Waals surface area contributed by atoms with Crippen molar-refractivity contribution in [3.63, 3.8) is 0 Å². The standard InChI is InChI=1S/C16H18ClNO/c1-2-12-4-3-5-15(10-12)19-16-11-14(17)7-6-13(16)8-9-18/h3-7,10-11H,2,8-9,18H2,1H3. The van der Waals surface area contributed by atoms with E-state index in [1.54, 1.807) is 0 Å². The molecule has 2 N–H and O–H groups in total. The zero-order valence-corrected chi connectivity index (χ0v) is 11.8. The molecule has 0 aliphatic heterocycles. The molecule has 0 spiro atoms. The van der Waals surface area contributed by atoms with Crippen molar-refractivity contribution >= 4 is 11.6 Å². The molecule has 0 heterocycles. The van der Waals surface area contributed by atoms with Gasteiger partial charge in [-0.1, -0.05) is 36.7 Å². The Morgan fingerprint density at radius 3 is 2.74 bits per heavy atom. The van der Waals surface area contributed by atoms with E-state index in [-0.39, 0.29) is 0 Å². The Bertz CT molecular complexity index is 554. The average molecular weight is 276 g/mol. The summed E-state index contributed by atoms with van der Waals surface area (Å²) in [6, 6.07) is 13.8. The van der Waals surface area contributed by atoms with E-state index >= 15 is 0 Å². The van der Waals surface area contributed by atoms with Crippen molar-refractivity contribution in [1.29, 1.82) is 0 Å². The number of hydrogen-bond donors (Lipinski definition) is 1. The number of halogens is 1. The van der Waals surface area contributed by atoms with Crippen LogP contribution in [0.2, 0.25) is 5.02 Å². The molecule has 19 heavy (non-hydrogen) atoms. The summed E-state index contributed by atoms with van der Waals surface area (Å²) in [7, 11) is 0. The highest BCUT2D eigenvalue weighted by molar-refractivity contribution is 6.30. The molecule has 0 aliphatic rings. The highest BCUT2D eigenvalue weighted by Crippen LogP contribution is 2.29. The Morgan fingerprint density at radius 1 is 1.16 bits per heavy atom. The van der Waals surface area contributed by atoms with Crippen LogP contribution in [0.15, 0.2) is 42.5 Å². The van der Waals surface area contributed by atoms with Crippen LogP contribution in [0, 0.1) is 0 Å². The second-order valence-electron chi connectivity index (χ2n) is 4.39. The van der Waals surface area contributed by atoms with E-state index in [2.05, 4.69) is 13.0 Å². The van der Waals surface area contributed by atoms with Crippen LogP contribution in [0.3, 0.4) is 0 Å². The zero-order chi connectivity index (χ0) is 13.7. The van der Waals surface area contributed by atoms with Crippen molar-refractivity contribution in [2.45, 2.75) is 19.8 Å². The summed E-state index contributed by atoms with van der Waals surface area (Å²) in [4.78, 5) is 0. The van der Waals surface area contributed by atoms with E-state index < -0.39 is 0 Å². The van der Waals surface area contributed by atoms with Crippen LogP contribution in [0.1, 0.15) is 18.1 Å². The quantitative estimate of drug-likeness (QED) is 0.888. The Hall–Kier alpha value is -1.51. The Morgan fingerprint density at radius 2 is 2.00 bits per heavy atom. The largest absolute Gasteiger partial charge is 0.457 e. The maximum Gasteiger partial charge on any atom is 0.132 e. The highest BCUT2D eigenvalue weighted by Gasteiger charge is 2.06. The Kier molecular flexibility index (Phi) is 4.83. The van der Waals surface area contributed by atoms with Gasteiger partial charge in [-0.05, 0) is 54.8 Å². The lowest BCUT2D eigenvalue weighted by Gasteiger charge is -2.12. The molecular weight excluding hydrogens is 258 g/mol. The third-order valence-electron chi connectivity index (χ3n) is 2.98. The van der Waals surface area contributed by atoms with Gasteiger partial charge in [0.15, 0.2) is 0 Å². The first-order valence-corrected chi connectivity index (χ1v) is 6.86. The number of nitrogens with two attached hydrogens (primary N) is 1. The lowest BCUT2D eigenvalue weighted by molar-refractivity contribution is 0.475. The summed E-state index contributed by atoms with van der Waals surface area (Å²) in [6.07, 6.45) is 1.77. The average Bonchev–Trinajstić information content (AvgIpc) is 2.42. The van der Waals surface area contributed by atoms with E-state index in [1.165, 1.54) is 5.56 Å². The molecule has 2 aromatic rings. The summed E-state index contributed by atoms with van der Waals surface area (Å²) in [5.74, 6) is 1.62. The van der Waals surface area contributed by atoms with Gasteiger partial charge in [0, 0.05) is 5.02 Å². The Labute approximate surface area is 119 Å². The van der Waals surface area contributed by atoms with Gasteiger partial charge in [-0.2, -0.15) is 0 Å². The molecule has 0 fully saturated rings.